The molecule has 9 nitrogen and oxygen atoms in total. The van der Waals surface area contributed by atoms with E-state index in [0.29, 0.717) is 19.4 Å². The molecule has 4 aliphatic rings. The average Bonchev–Trinajstić information content (AvgIpc) is 2.91. The van der Waals surface area contributed by atoms with E-state index in [-0.39, 0.29) is 23.2 Å². The SMILES string of the molecule is CC1(C)OC[C@H]2OC(O[C@H]3CCCC[C@H]3[N+](=O)[O-])[C@H]3OC(C)(C)O[C@H]3[C@@H]2O1. The first kappa shape index (κ1) is 19.5. The molecular formula is C18H29NO8. The predicted octanol–water partition coefficient (Wildman–Crippen LogP) is 1.99. The van der Waals surface area contributed by atoms with Gasteiger partial charge in [-0.2, -0.15) is 0 Å². The third-order valence-corrected chi connectivity index (χ3v) is 5.69. The van der Waals surface area contributed by atoms with Crippen LogP contribution < -0.4 is 0 Å². The molecule has 1 aliphatic carbocycles. The highest BCUT2D eigenvalue weighted by atomic mass is 16.8. The molecule has 4 fully saturated rings. The molecule has 3 heterocycles. The Morgan fingerprint density at radius 3 is 2.37 bits per heavy atom. The third kappa shape index (κ3) is 3.86. The standard InChI is InChI=1S/C18H29NO8/c1-17(2)22-9-12-13(25-17)14-15(27-18(3,4)26-14)16(24-12)23-11-8-6-5-7-10(11)19(20)21/h10-16H,5-9H2,1-4H3/t10-,11+,12-,13-,14+,15+,16?/m1/s1. The van der Waals surface area contributed by atoms with Crippen LogP contribution in [0.1, 0.15) is 53.4 Å². The minimum absolute atomic E-state index is 0.238. The highest BCUT2D eigenvalue weighted by molar-refractivity contribution is 4.99. The summed E-state index contributed by atoms with van der Waals surface area (Å²) in [7, 11) is 0. The van der Waals surface area contributed by atoms with Gasteiger partial charge in [-0.15, -0.1) is 0 Å². The molecule has 0 spiro atoms. The number of rotatable bonds is 3. The quantitative estimate of drug-likeness (QED) is 0.536. The van der Waals surface area contributed by atoms with Gasteiger partial charge in [0.15, 0.2) is 17.9 Å². The number of hydrogen-bond acceptors (Lipinski definition) is 8. The molecule has 0 N–H and O–H groups in total. The van der Waals surface area contributed by atoms with Gasteiger partial charge in [0.1, 0.15) is 30.5 Å². The van der Waals surface area contributed by atoms with E-state index in [4.69, 9.17) is 28.4 Å². The Labute approximate surface area is 158 Å². The van der Waals surface area contributed by atoms with Crippen molar-refractivity contribution in [1.29, 1.82) is 0 Å². The Bertz CT molecular complexity index is 582. The molecule has 0 aromatic heterocycles. The Morgan fingerprint density at radius 1 is 0.963 bits per heavy atom. The van der Waals surface area contributed by atoms with Crippen LogP contribution in [0.3, 0.4) is 0 Å². The lowest BCUT2D eigenvalue weighted by Crippen LogP contribution is -2.64. The summed E-state index contributed by atoms with van der Waals surface area (Å²) >= 11 is 0. The minimum atomic E-state index is -0.809. The summed E-state index contributed by atoms with van der Waals surface area (Å²) < 4.78 is 36.2. The van der Waals surface area contributed by atoms with Crippen molar-refractivity contribution in [3.8, 4) is 0 Å². The van der Waals surface area contributed by atoms with Gasteiger partial charge in [0.25, 0.3) is 0 Å². The highest BCUT2D eigenvalue weighted by Gasteiger charge is 2.59. The predicted molar refractivity (Wildman–Crippen MR) is 91.5 cm³/mol. The molecule has 0 aromatic carbocycles. The van der Waals surface area contributed by atoms with Crippen LogP contribution in [0.4, 0.5) is 0 Å². The van der Waals surface area contributed by atoms with E-state index in [1.54, 1.807) is 0 Å². The molecular weight excluding hydrogens is 358 g/mol. The molecule has 4 rings (SSSR count). The maximum Gasteiger partial charge on any atom is 0.238 e. The van der Waals surface area contributed by atoms with Gasteiger partial charge in [-0.3, -0.25) is 10.1 Å². The van der Waals surface area contributed by atoms with E-state index in [2.05, 4.69) is 0 Å². The van der Waals surface area contributed by atoms with Crippen molar-refractivity contribution in [3.05, 3.63) is 10.1 Å². The van der Waals surface area contributed by atoms with Gasteiger partial charge in [0.05, 0.1) is 6.61 Å². The maximum absolute atomic E-state index is 11.4. The average molecular weight is 387 g/mol. The molecule has 0 bridgehead atoms. The topological polar surface area (TPSA) is 98.5 Å². The summed E-state index contributed by atoms with van der Waals surface area (Å²) in [5.74, 6) is -1.55. The fraction of sp³-hybridized carbons (Fsp3) is 1.00. The van der Waals surface area contributed by atoms with Crippen molar-refractivity contribution < 1.29 is 33.3 Å². The molecule has 27 heavy (non-hydrogen) atoms. The summed E-state index contributed by atoms with van der Waals surface area (Å²) in [4.78, 5) is 11.2. The fourth-order valence-electron chi connectivity index (χ4n) is 4.50. The largest absolute Gasteiger partial charge is 0.348 e. The summed E-state index contributed by atoms with van der Waals surface area (Å²) in [5, 5.41) is 11.4. The van der Waals surface area contributed by atoms with Crippen LogP contribution in [0.5, 0.6) is 0 Å². The molecule has 1 saturated carbocycles. The smallest absolute Gasteiger partial charge is 0.238 e. The molecule has 9 heteroatoms. The van der Waals surface area contributed by atoms with E-state index in [9.17, 15) is 10.1 Å². The minimum Gasteiger partial charge on any atom is -0.348 e. The first-order valence-electron chi connectivity index (χ1n) is 9.77. The lowest BCUT2D eigenvalue weighted by Gasteiger charge is -2.48. The van der Waals surface area contributed by atoms with Gasteiger partial charge in [-0.1, -0.05) is 6.42 Å². The van der Waals surface area contributed by atoms with Crippen molar-refractivity contribution in [1.82, 2.24) is 0 Å². The van der Waals surface area contributed by atoms with Gasteiger partial charge in [0, 0.05) is 11.3 Å². The second-order valence-electron chi connectivity index (χ2n) is 8.71. The molecule has 1 unspecified atom stereocenters. The van der Waals surface area contributed by atoms with Crippen LogP contribution in [-0.4, -0.2) is 66.0 Å². The second-order valence-corrected chi connectivity index (χ2v) is 8.71. The molecule has 0 aromatic rings. The maximum atomic E-state index is 11.4. The monoisotopic (exact) mass is 387 g/mol. The fourth-order valence-corrected chi connectivity index (χ4v) is 4.50. The van der Waals surface area contributed by atoms with E-state index in [1.165, 1.54) is 0 Å². The first-order valence-corrected chi connectivity index (χ1v) is 9.77. The highest BCUT2D eigenvalue weighted by Crippen LogP contribution is 2.43. The van der Waals surface area contributed by atoms with Crippen LogP contribution in [0.25, 0.3) is 0 Å². The number of hydrogen-bond donors (Lipinski definition) is 0. The van der Waals surface area contributed by atoms with Crippen LogP contribution >= 0.6 is 0 Å². The normalized spacial score (nSPS) is 45.7. The van der Waals surface area contributed by atoms with Gasteiger partial charge >= 0.3 is 0 Å². The zero-order valence-electron chi connectivity index (χ0n) is 16.3. The Morgan fingerprint density at radius 2 is 1.63 bits per heavy atom. The number of nitrogens with zero attached hydrogens (tertiary/aromatic N) is 1. The van der Waals surface area contributed by atoms with Crippen molar-refractivity contribution >= 4 is 0 Å². The zero-order valence-corrected chi connectivity index (χ0v) is 16.3. The van der Waals surface area contributed by atoms with Crippen molar-refractivity contribution in [3.63, 3.8) is 0 Å². The van der Waals surface area contributed by atoms with Crippen LogP contribution in [0, 0.1) is 10.1 Å². The molecule has 7 atom stereocenters. The van der Waals surface area contributed by atoms with Crippen molar-refractivity contribution in [2.75, 3.05) is 6.61 Å². The van der Waals surface area contributed by atoms with E-state index < -0.39 is 36.1 Å². The summed E-state index contributed by atoms with van der Waals surface area (Å²) in [6.07, 6.45) is 0.0471. The molecule has 0 radical (unpaired) electrons. The second kappa shape index (κ2) is 6.89. The van der Waals surface area contributed by atoms with Crippen LogP contribution in [-0.2, 0) is 28.4 Å². The number of fused-ring (bicyclic) bond motifs is 3. The Balaban J connectivity index is 1.54. The van der Waals surface area contributed by atoms with Crippen molar-refractivity contribution in [2.24, 2.45) is 0 Å². The Hall–Kier alpha value is -0.840. The van der Waals surface area contributed by atoms with Crippen LogP contribution in [0.2, 0.25) is 0 Å². The van der Waals surface area contributed by atoms with Gasteiger partial charge in [-0.25, -0.2) is 0 Å². The summed E-state index contributed by atoms with van der Waals surface area (Å²) in [5.41, 5.74) is 0. The van der Waals surface area contributed by atoms with Crippen molar-refractivity contribution in [2.45, 2.75) is 108 Å². The molecule has 154 valence electrons. The van der Waals surface area contributed by atoms with Crippen LogP contribution in [0.15, 0.2) is 0 Å². The number of nitro groups is 1. The Kier molecular flexibility index (Phi) is 4.97. The van der Waals surface area contributed by atoms with Gasteiger partial charge < -0.3 is 28.4 Å². The summed E-state index contributed by atoms with van der Waals surface area (Å²) in [6, 6.07) is -0.716. The molecule has 3 saturated heterocycles. The molecule has 3 aliphatic heterocycles. The zero-order chi connectivity index (χ0) is 19.4. The van der Waals surface area contributed by atoms with Gasteiger partial charge in [0.2, 0.25) is 6.04 Å². The van der Waals surface area contributed by atoms with E-state index in [0.717, 1.165) is 12.8 Å². The van der Waals surface area contributed by atoms with Gasteiger partial charge in [-0.05, 0) is 40.5 Å². The lowest BCUT2D eigenvalue weighted by molar-refractivity contribution is -0.543. The van der Waals surface area contributed by atoms with E-state index in [1.807, 2.05) is 27.7 Å². The molecule has 0 amide bonds. The number of ether oxygens (including phenoxy) is 6. The first-order chi connectivity index (χ1) is 12.7. The third-order valence-electron chi connectivity index (χ3n) is 5.69. The lowest BCUT2D eigenvalue weighted by atomic mass is 9.92. The van der Waals surface area contributed by atoms with E-state index >= 15 is 0 Å². The summed E-state index contributed by atoms with van der Waals surface area (Å²) in [6.45, 7) is 7.72.